The fourth-order valence-corrected chi connectivity index (χ4v) is 5.93. The van der Waals surface area contributed by atoms with Crippen LogP contribution in [0.5, 0.6) is 0 Å². The van der Waals surface area contributed by atoms with Crippen molar-refractivity contribution in [3.05, 3.63) is 81.5 Å². The minimum absolute atomic E-state index is 0.0842. The molecule has 0 bridgehead atoms. The van der Waals surface area contributed by atoms with Gasteiger partial charge in [-0.25, -0.2) is 0 Å². The van der Waals surface area contributed by atoms with Crippen LogP contribution in [-0.4, -0.2) is 23.8 Å². The van der Waals surface area contributed by atoms with Gasteiger partial charge >= 0.3 is 0 Å². The van der Waals surface area contributed by atoms with E-state index in [-0.39, 0.29) is 11.9 Å². The minimum atomic E-state index is -0.756. The summed E-state index contributed by atoms with van der Waals surface area (Å²) < 4.78 is 0. The summed E-state index contributed by atoms with van der Waals surface area (Å²) >= 11 is 1.57. The number of likely N-dealkylation sites (N-methyl/N-ethyl adjacent to an activating group) is 1. The number of carbonyl (C=O) groups is 1. The van der Waals surface area contributed by atoms with Crippen LogP contribution in [0.15, 0.2) is 60.0 Å². The molecular weight excluding hydrogens is 428 g/mol. The maximum atomic E-state index is 13.5. The molecule has 6 heteroatoms. The molecule has 0 spiro atoms. The van der Waals surface area contributed by atoms with Gasteiger partial charge in [0.1, 0.15) is 0 Å². The summed E-state index contributed by atoms with van der Waals surface area (Å²) in [6.07, 6.45) is 3.78. The molecule has 5 nitrogen and oxygen atoms in total. The van der Waals surface area contributed by atoms with Crippen molar-refractivity contribution in [2.45, 2.75) is 43.6 Å². The molecule has 1 unspecified atom stereocenters. The quantitative estimate of drug-likeness (QED) is 0.542. The number of guanidine groups is 1. The molecule has 1 saturated carbocycles. The van der Waals surface area contributed by atoms with Crippen molar-refractivity contribution >= 4 is 23.2 Å². The Kier molecular flexibility index (Phi) is 5.30. The van der Waals surface area contributed by atoms with Crippen LogP contribution in [0.25, 0.3) is 11.1 Å². The van der Waals surface area contributed by atoms with E-state index in [1.165, 1.54) is 29.7 Å². The first-order chi connectivity index (χ1) is 15.9. The summed E-state index contributed by atoms with van der Waals surface area (Å²) in [5.74, 6) is 0.208. The lowest BCUT2D eigenvalue weighted by atomic mass is 9.75. The number of benzene rings is 2. The van der Waals surface area contributed by atoms with Gasteiger partial charge in [0.15, 0.2) is 5.96 Å². The van der Waals surface area contributed by atoms with Crippen molar-refractivity contribution in [2.75, 3.05) is 7.05 Å². The summed E-state index contributed by atoms with van der Waals surface area (Å²) in [6, 6.07) is 20.3. The highest BCUT2D eigenvalue weighted by Crippen LogP contribution is 2.45. The Morgan fingerprint density at radius 2 is 1.85 bits per heavy atom. The number of thiophene rings is 1. The summed E-state index contributed by atoms with van der Waals surface area (Å²) in [5.41, 5.74) is 4.14. The van der Waals surface area contributed by atoms with Gasteiger partial charge in [-0.2, -0.15) is 5.26 Å². The number of hydrogen-bond donors (Lipinski definition) is 2. The molecule has 2 fully saturated rings. The predicted molar refractivity (Wildman–Crippen MR) is 131 cm³/mol. The van der Waals surface area contributed by atoms with Gasteiger partial charge in [0.2, 0.25) is 5.91 Å². The van der Waals surface area contributed by atoms with Crippen molar-refractivity contribution < 1.29 is 4.79 Å². The molecule has 1 saturated heterocycles. The van der Waals surface area contributed by atoms with Crippen LogP contribution in [0.3, 0.4) is 0 Å². The SMILES string of the molecule is CN1C(=N)N[C@](C)(c2cc(-c3cccc(C#N)c3)cs2)C(c2ccc(C3CCC3)cc2)C1=O. The lowest BCUT2D eigenvalue weighted by Crippen LogP contribution is -2.62. The molecular formula is C27H26N4OS. The average molecular weight is 455 g/mol. The van der Waals surface area contributed by atoms with Gasteiger partial charge in [0.25, 0.3) is 0 Å². The van der Waals surface area contributed by atoms with Gasteiger partial charge in [0, 0.05) is 11.9 Å². The zero-order valence-corrected chi connectivity index (χ0v) is 19.6. The Bertz CT molecular complexity index is 1270. The number of hydrogen-bond acceptors (Lipinski definition) is 4. The summed E-state index contributed by atoms with van der Waals surface area (Å²) in [6.45, 7) is 2.01. The monoisotopic (exact) mass is 454 g/mol. The second kappa shape index (κ2) is 8.17. The van der Waals surface area contributed by atoms with Crippen LogP contribution in [0, 0.1) is 16.7 Å². The summed E-state index contributed by atoms with van der Waals surface area (Å²) in [5, 5.41) is 23.0. The molecule has 33 heavy (non-hydrogen) atoms. The van der Waals surface area contributed by atoms with E-state index in [2.05, 4.69) is 47.1 Å². The highest BCUT2D eigenvalue weighted by Gasteiger charge is 2.49. The Morgan fingerprint density at radius 1 is 1.12 bits per heavy atom. The molecule has 3 aromatic rings. The molecule has 2 aromatic carbocycles. The second-order valence-corrected chi connectivity index (χ2v) is 10.1. The van der Waals surface area contributed by atoms with E-state index in [1.54, 1.807) is 24.5 Å². The highest BCUT2D eigenvalue weighted by molar-refractivity contribution is 7.10. The lowest BCUT2D eigenvalue weighted by Gasteiger charge is -2.45. The van der Waals surface area contributed by atoms with Crippen LogP contribution < -0.4 is 5.32 Å². The molecule has 1 aliphatic heterocycles. The van der Waals surface area contributed by atoms with E-state index in [4.69, 9.17) is 5.41 Å². The van der Waals surface area contributed by atoms with Crippen LogP contribution >= 0.6 is 11.3 Å². The molecule has 2 aliphatic rings. The number of amides is 1. The standard InChI is InChI=1S/C27H26N4OS/c1-27(23-14-22(16-33-23)21-8-3-5-17(13-21)15-28)24(25(32)31(2)26(29)30-27)20-11-9-19(10-12-20)18-6-4-7-18/h3,5,8-14,16,18,24H,4,6-7H2,1-2H3,(H2,29,30)/t24?,27-/m1/s1. The van der Waals surface area contributed by atoms with Crippen molar-refractivity contribution in [1.29, 1.82) is 10.7 Å². The first-order valence-electron chi connectivity index (χ1n) is 11.2. The number of carbonyl (C=O) groups excluding carboxylic acids is 1. The number of nitrogens with one attached hydrogen (secondary N) is 2. The van der Waals surface area contributed by atoms with E-state index >= 15 is 0 Å². The molecule has 1 aromatic heterocycles. The molecule has 0 radical (unpaired) electrons. The van der Waals surface area contributed by atoms with Crippen LogP contribution in [0.1, 0.15) is 59.6 Å². The van der Waals surface area contributed by atoms with E-state index in [1.807, 2.05) is 25.1 Å². The zero-order valence-electron chi connectivity index (χ0n) is 18.8. The van der Waals surface area contributed by atoms with Gasteiger partial charge in [-0.15, -0.1) is 11.3 Å². The van der Waals surface area contributed by atoms with Crippen LogP contribution in [0.4, 0.5) is 0 Å². The minimum Gasteiger partial charge on any atom is -0.345 e. The highest BCUT2D eigenvalue weighted by atomic mass is 32.1. The molecule has 1 amide bonds. The van der Waals surface area contributed by atoms with E-state index in [0.29, 0.717) is 11.5 Å². The molecule has 2 heterocycles. The first kappa shape index (κ1) is 21.4. The average Bonchev–Trinajstić information content (AvgIpc) is 3.29. The van der Waals surface area contributed by atoms with E-state index in [0.717, 1.165) is 21.6 Å². The Morgan fingerprint density at radius 3 is 2.52 bits per heavy atom. The Labute approximate surface area is 198 Å². The molecule has 2 atom stereocenters. The van der Waals surface area contributed by atoms with Crippen molar-refractivity contribution in [3.8, 4) is 17.2 Å². The fourth-order valence-electron chi connectivity index (χ4n) is 4.86. The largest absolute Gasteiger partial charge is 0.345 e. The van der Waals surface area contributed by atoms with Crippen molar-refractivity contribution in [1.82, 2.24) is 10.2 Å². The summed E-state index contributed by atoms with van der Waals surface area (Å²) in [7, 11) is 1.65. The third-order valence-corrected chi connectivity index (χ3v) is 8.32. The van der Waals surface area contributed by atoms with Crippen molar-refractivity contribution in [2.24, 2.45) is 0 Å². The first-order valence-corrected chi connectivity index (χ1v) is 12.1. The molecule has 2 N–H and O–H groups in total. The van der Waals surface area contributed by atoms with Crippen LogP contribution in [0.2, 0.25) is 0 Å². The number of nitriles is 1. The number of nitrogens with zero attached hydrogens (tertiary/aromatic N) is 2. The second-order valence-electron chi connectivity index (χ2n) is 9.19. The third-order valence-electron chi connectivity index (χ3n) is 7.15. The normalized spacial score (nSPS) is 23.1. The fraction of sp³-hybridized carbons (Fsp3) is 0.296. The maximum Gasteiger partial charge on any atom is 0.239 e. The topological polar surface area (TPSA) is 80.0 Å². The maximum absolute atomic E-state index is 13.5. The van der Waals surface area contributed by atoms with Gasteiger partial charge in [0.05, 0.1) is 23.1 Å². The molecule has 1 aliphatic carbocycles. The Hall–Kier alpha value is -3.43. The Balaban J connectivity index is 1.54. The van der Waals surface area contributed by atoms with E-state index in [9.17, 15) is 10.1 Å². The van der Waals surface area contributed by atoms with E-state index < -0.39 is 11.5 Å². The van der Waals surface area contributed by atoms with Crippen molar-refractivity contribution in [3.63, 3.8) is 0 Å². The molecule has 5 rings (SSSR count). The zero-order chi connectivity index (χ0) is 23.2. The van der Waals surface area contributed by atoms with Crippen LogP contribution in [-0.2, 0) is 10.3 Å². The predicted octanol–water partition coefficient (Wildman–Crippen LogP) is 5.55. The lowest BCUT2D eigenvalue weighted by molar-refractivity contribution is -0.131. The van der Waals surface area contributed by atoms with Gasteiger partial charge in [-0.3, -0.25) is 15.1 Å². The molecule has 166 valence electrons. The van der Waals surface area contributed by atoms with Gasteiger partial charge < -0.3 is 5.32 Å². The third kappa shape index (κ3) is 3.63. The van der Waals surface area contributed by atoms with Gasteiger partial charge in [-0.05, 0) is 71.5 Å². The van der Waals surface area contributed by atoms with Gasteiger partial charge in [-0.1, -0.05) is 42.8 Å². The number of rotatable bonds is 4. The summed E-state index contributed by atoms with van der Waals surface area (Å²) in [4.78, 5) is 15.9. The smallest absolute Gasteiger partial charge is 0.239 e.